The lowest BCUT2D eigenvalue weighted by atomic mass is 10.1. The molecular formula is C23H26N6O3S2. The van der Waals surface area contributed by atoms with Crippen LogP contribution in [0.25, 0.3) is 21.6 Å². The SMILES string of the molecule is CC1CCCCN1S(=O)(=O)c1ccc(-c2ccnc(NCCn3c(=O)[nH]c4ccccc43)n2)s1. The molecule has 4 aromatic rings. The fourth-order valence-electron chi connectivity index (χ4n) is 4.33. The minimum atomic E-state index is -3.51. The number of piperidine rings is 1. The summed E-state index contributed by atoms with van der Waals surface area (Å²) < 4.78 is 29.9. The second kappa shape index (κ2) is 9.32. The number of hydrogen-bond acceptors (Lipinski definition) is 7. The van der Waals surface area contributed by atoms with Crippen molar-refractivity contribution in [3.8, 4) is 10.6 Å². The molecule has 1 aliphatic heterocycles. The number of nitrogens with one attached hydrogen (secondary N) is 2. The number of anilines is 1. The molecule has 1 aromatic carbocycles. The van der Waals surface area contributed by atoms with Gasteiger partial charge in [-0.05, 0) is 50.1 Å². The first kappa shape index (κ1) is 22.8. The van der Waals surface area contributed by atoms with E-state index in [0.717, 1.165) is 35.2 Å². The van der Waals surface area contributed by atoms with Gasteiger partial charge in [-0.15, -0.1) is 11.3 Å². The summed E-state index contributed by atoms with van der Waals surface area (Å²) in [5.41, 5.74) is 2.14. The first-order valence-electron chi connectivity index (χ1n) is 11.3. The van der Waals surface area contributed by atoms with E-state index in [0.29, 0.717) is 35.5 Å². The molecule has 1 fully saturated rings. The van der Waals surface area contributed by atoms with Crippen LogP contribution in [0.15, 0.2) is 57.7 Å². The highest BCUT2D eigenvalue weighted by Crippen LogP contribution is 2.33. The zero-order valence-corrected chi connectivity index (χ0v) is 20.4. The lowest BCUT2D eigenvalue weighted by Crippen LogP contribution is -2.41. The molecule has 0 saturated carbocycles. The third-order valence-electron chi connectivity index (χ3n) is 6.09. The van der Waals surface area contributed by atoms with Gasteiger partial charge in [0.05, 0.1) is 21.6 Å². The normalized spacial score (nSPS) is 17.3. The minimum absolute atomic E-state index is 0.0174. The van der Waals surface area contributed by atoms with E-state index in [4.69, 9.17) is 0 Å². The Morgan fingerprint density at radius 1 is 1.18 bits per heavy atom. The van der Waals surface area contributed by atoms with Crippen molar-refractivity contribution < 1.29 is 8.42 Å². The maximum absolute atomic E-state index is 13.1. The minimum Gasteiger partial charge on any atom is -0.352 e. The summed E-state index contributed by atoms with van der Waals surface area (Å²) in [4.78, 5) is 24.7. The van der Waals surface area contributed by atoms with Crippen LogP contribution in [-0.4, -0.2) is 51.4 Å². The van der Waals surface area contributed by atoms with E-state index in [1.807, 2.05) is 31.2 Å². The summed E-state index contributed by atoms with van der Waals surface area (Å²) in [5, 5.41) is 3.16. The van der Waals surface area contributed by atoms with Crippen molar-refractivity contribution in [2.75, 3.05) is 18.4 Å². The van der Waals surface area contributed by atoms with Gasteiger partial charge in [0.15, 0.2) is 0 Å². The van der Waals surface area contributed by atoms with Crippen molar-refractivity contribution in [1.29, 1.82) is 0 Å². The number of aromatic amines is 1. The van der Waals surface area contributed by atoms with Gasteiger partial charge in [0.1, 0.15) is 4.21 Å². The van der Waals surface area contributed by atoms with E-state index in [1.165, 1.54) is 11.3 Å². The quantitative estimate of drug-likeness (QED) is 0.403. The monoisotopic (exact) mass is 498 g/mol. The number of aromatic nitrogens is 4. The molecule has 2 N–H and O–H groups in total. The van der Waals surface area contributed by atoms with Gasteiger partial charge in [-0.1, -0.05) is 18.6 Å². The number of hydrogen-bond donors (Lipinski definition) is 2. The fourth-order valence-corrected chi connectivity index (χ4v) is 7.44. The van der Waals surface area contributed by atoms with E-state index >= 15 is 0 Å². The highest BCUT2D eigenvalue weighted by atomic mass is 32.2. The van der Waals surface area contributed by atoms with Gasteiger partial charge in [0, 0.05) is 31.9 Å². The highest BCUT2D eigenvalue weighted by molar-refractivity contribution is 7.91. The second-order valence-electron chi connectivity index (χ2n) is 8.37. The molecule has 34 heavy (non-hydrogen) atoms. The molecule has 0 aliphatic carbocycles. The smallest absolute Gasteiger partial charge is 0.326 e. The molecule has 0 bridgehead atoms. The van der Waals surface area contributed by atoms with Crippen molar-refractivity contribution in [2.45, 2.75) is 43.0 Å². The summed E-state index contributed by atoms with van der Waals surface area (Å²) in [6.45, 7) is 3.45. The molecule has 1 unspecified atom stereocenters. The number of nitrogens with zero attached hydrogens (tertiary/aromatic N) is 4. The molecule has 1 aliphatic rings. The Labute approximate surface area is 201 Å². The standard InChI is InChI=1S/C23H26N6O3S2/c1-16-6-4-5-14-29(16)34(31,32)21-10-9-20(33-21)18-11-12-24-22(26-18)25-13-15-28-19-8-3-2-7-17(19)27-23(28)30/h2-3,7-12,16H,4-6,13-15H2,1H3,(H,27,30)(H,24,25,26). The molecule has 0 spiro atoms. The third-order valence-corrected chi connectivity index (χ3v) is 9.68. The second-order valence-corrected chi connectivity index (χ2v) is 11.6. The van der Waals surface area contributed by atoms with Gasteiger partial charge in [-0.3, -0.25) is 4.57 Å². The molecule has 1 atom stereocenters. The third kappa shape index (κ3) is 4.38. The van der Waals surface area contributed by atoms with Gasteiger partial charge in [-0.25, -0.2) is 23.2 Å². The number of thiophene rings is 1. The van der Waals surface area contributed by atoms with Crippen LogP contribution in [-0.2, 0) is 16.6 Å². The lowest BCUT2D eigenvalue weighted by Gasteiger charge is -2.31. The molecule has 0 amide bonds. The van der Waals surface area contributed by atoms with Crippen molar-refractivity contribution in [3.63, 3.8) is 0 Å². The zero-order chi connectivity index (χ0) is 23.7. The fraction of sp³-hybridized carbons (Fsp3) is 0.348. The molecule has 1 saturated heterocycles. The maximum atomic E-state index is 13.1. The number of imidazole rings is 1. The Balaban J connectivity index is 1.29. The van der Waals surface area contributed by atoms with Gasteiger partial charge in [-0.2, -0.15) is 4.31 Å². The van der Waals surface area contributed by atoms with Gasteiger partial charge in [0.2, 0.25) is 5.95 Å². The molecule has 11 heteroatoms. The van der Waals surface area contributed by atoms with Crippen molar-refractivity contribution in [3.05, 3.63) is 59.1 Å². The lowest BCUT2D eigenvalue weighted by molar-refractivity contribution is 0.269. The van der Waals surface area contributed by atoms with Gasteiger partial charge >= 0.3 is 5.69 Å². The van der Waals surface area contributed by atoms with E-state index in [9.17, 15) is 13.2 Å². The van der Waals surface area contributed by atoms with Crippen LogP contribution in [0.2, 0.25) is 0 Å². The number of sulfonamides is 1. The largest absolute Gasteiger partial charge is 0.352 e. The van der Waals surface area contributed by atoms with E-state index in [-0.39, 0.29) is 11.7 Å². The Hall–Kier alpha value is -3.02. The van der Waals surface area contributed by atoms with Crippen LogP contribution in [0.5, 0.6) is 0 Å². The van der Waals surface area contributed by atoms with Gasteiger partial charge in [0.25, 0.3) is 10.0 Å². The average Bonchev–Trinajstić information content (AvgIpc) is 3.45. The Morgan fingerprint density at radius 3 is 2.88 bits per heavy atom. The Bertz CT molecular complexity index is 1470. The molecule has 4 heterocycles. The first-order chi connectivity index (χ1) is 16.4. The van der Waals surface area contributed by atoms with Crippen LogP contribution in [0, 0.1) is 0 Å². The van der Waals surface area contributed by atoms with Crippen LogP contribution in [0.1, 0.15) is 26.2 Å². The van der Waals surface area contributed by atoms with Crippen molar-refractivity contribution >= 4 is 38.3 Å². The summed E-state index contributed by atoms with van der Waals surface area (Å²) in [5.74, 6) is 0.424. The summed E-state index contributed by atoms with van der Waals surface area (Å²) >= 11 is 1.23. The number of benzene rings is 1. The topological polar surface area (TPSA) is 113 Å². The van der Waals surface area contributed by atoms with E-state index in [1.54, 1.807) is 33.3 Å². The first-order valence-corrected chi connectivity index (χ1v) is 13.6. The van der Waals surface area contributed by atoms with Crippen molar-refractivity contribution in [2.24, 2.45) is 0 Å². The summed E-state index contributed by atoms with van der Waals surface area (Å²) in [6, 6.07) is 12.8. The molecular weight excluding hydrogens is 472 g/mol. The van der Waals surface area contributed by atoms with Crippen LogP contribution < -0.4 is 11.0 Å². The average molecular weight is 499 g/mol. The molecule has 3 aromatic heterocycles. The molecule has 0 radical (unpaired) electrons. The van der Waals surface area contributed by atoms with Crippen molar-refractivity contribution in [1.82, 2.24) is 23.8 Å². The number of para-hydroxylation sites is 2. The van der Waals surface area contributed by atoms with Crippen LogP contribution in [0.3, 0.4) is 0 Å². The molecule has 9 nitrogen and oxygen atoms in total. The maximum Gasteiger partial charge on any atom is 0.326 e. The Morgan fingerprint density at radius 2 is 2.03 bits per heavy atom. The van der Waals surface area contributed by atoms with Crippen LogP contribution >= 0.6 is 11.3 Å². The number of rotatable bonds is 7. The highest BCUT2D eigenvalue weighted by Gasteiger charge is 2.32. The van der Waals surface area contributed by atoms with E-state index < -0.39 is 10.0 Å². The predicted molar refractivity (Wildman–Crippen MR) is 134 cm³/mol. The summed E-state index contributed by atoms with van der Waals surface area (Å²) in [7, 11) is -3.51. The number of fused-ring (bicyclic) bond motifs is 1. The number of H-pyrrole nitrogens is 1. The molecule has 178 valence electrons. The van der Waals surface area contributed by atoms with E-state index in [2.05, 4.69) is 20.3 Å². The molecule has 5 rings (SSSR count). The van der Waals surface area contributed by atoms with Gasteiger partial charge < -0.3 is 10.3 Å². The van der Waals surface area contributed by atoms with Crippen LogP contribution in [0.4, 0.5) is 5.95 Å². The summed E-state index contributed by atoms with van der Waals surface area (Å²) in [6.07, 6.45) is 4.49. The zero-order valence-electron chi connectivity index (χ0n) is 18.8. The predicted octanol–water partition coefficient (Wildman–Crippen LogP) is 3.52. The Kier molecular flexibility index (Phi) is 6.24.